The summed E-state index contributed by atoms with van der Waals surface area (Å²) in [7, 11) is 1.64. The molecule has 0 aliphatic carbocycles. The zero-order chi connectivity index (χ0) is 14.9. The van der Waals surface area contributed by atoms with Crippen molar-refractivity contribution < 1.29 is 14.6 Å². The molecule has 0 spiro atoms. The SMILES string of the molecule is COc1c(-c2cc(C)cc(C(=O)O)c2)ccc(C)c1C. The van der Waals surface area contributed by atoms with Gasteiger partial charge in [-0.2, -0.15) is 0 Å². The molecule has 0 heterocycles. The summed E-state index contributed by atoms with van der Waals surface area (Å²) in [6, 6.07) is 9.32. The molecule has 3 heteroatoms. The Balaban J connectivity index is 2.68. The molecule has 3 nitrogen and oxygen atoms in total. The molecule has 0 radical (unpaired) electrons. The van der Waals surface area contributed by atoms with Crippen LogP contribution in [0.5, 0.6) is 5.75 Å². The van der Waals surface area contributed by atoms with Crippen molar-refractivity contribution in [2.75, 3.05) is 7.11 Å². The Bertz CT molecular complexity index is 672. The van der Waals surface area contributed by atoms with Gasteiger partial charge in [0.1, 0.15) is 5.75 Å². The Morgan fingerprint density at radius 2 is 1.80 bits per heavy atom. The van der Waals surface area contributed by atoms with Gasteiger partial charge in [0.15, 0.2) is 0 Å². The van der Waals surface area contributed by atoms with Crippen molar-refractivity contribution >= 4 is 5.97 Å². The van der Waals surface area contributed by atoms with E-state index in [1.165, 1.54) is 0 Å². The van der Waals surface area contributed by atoms with E-state index in [-0.39, 0.29) is 0 Å². The molecular weight excluding hydrogens is 252 g/mol. The molecule has 0 atom stereocenters. The molecule has 0 aliphatic rings. The van der Waals surface area contributed by atoms with Crippen LogP contribution in [-0.4, -0.2) is 18.2 Å². The minimum Gasteiger partial charge on any atom is -0.496 e. The van der Waals surface area contributed by atoms with E-state index in [0.717, 1.165) is 33.6 Å². The van der Waals surface area contributed by atoms with E-state index in [9.17, 15) is 9.90 Å². The van der Waals surface area contributed by atoms with Gasteiger partial charge in [0, 0.05) is 5.56 Å². The number of methoxy groups -OCH3 is 1. The number of hydrogen-bond donors (Lipinski definition) is 1. The number of carbonyl (C=O) groups is 1. The first kappa shape index (κ1) is 14.1. The number of hydrogen-bond acceptors (Lipinski definition) is 2. The van der Waals surface area contributed by atoms with Gasteiger partial charge in [-0.15, -0.1) is 0 Å². The Hall–Kier alpha value is -2.29. The minimum atomic E-state index is -0.919. The third-order valence-corrected chi connectivity index (χ3v) is 3.52. The van der Waals surface area contributed by atoms with Gasteiger partial charge in [0.05, 0.1) is 12.7 Å². The van der Waals surface area contributed by atoms with E-state index in [2.05, 4.69) is 0 Å². The molecule has 0 aromatic heterocycles. The Kier molecular flexibility index (Phi) is 3.79. The molecule has 0 saturated carbocycles. The lowest BCUT2D eigenvalue weighted by Gasteiger charge is -2.14. The molecule has 0 amide bonds. The first-order valence-electron chi connectivity index (χ1n) is 6.43. The van der Waals surface area contributed by atoms with Crippen molar-refractivity contribution in [1.29, 1.82) is 0 Å². The second kappa shape index (κ2) is 5.37. The van der Waals surface area contributed by atoms with E-state index in [4.69, 9.17) is 4.74 Å². The molecule has 0 fully saturated rings. The van der Waals surface area contributed by atoms with Crippen LogP contribution in [0.25, 0.3) is 11.1 Å². The van der Waals surface area contributed by atoms with Crippen molar-refractivity contribution in [3.8, 4) is 16.9 Å². The average molecular weight is 270 g/mol. The maximum atomic E-state index is 11.2. The summed E-state index contributed by atoms with van der Waals surface area (Å²) in [5.74, 6) is -0.121. The van der Waals surface area contributed by atoms with Crippen molar-refractivity contribution in [1.82, 2.24) is 0 Å². The summed E-state index contributed by atoms with van der Waals surface area (Å²) < 4.78 is 5.50. The second-order valence-corrected chi connectivity index (χ2v) is 4.98. The molecule has 0 unspecified atom stereocenters. The first-order chi connectivity index (χ1) is 9.43. The topological polar surface area (TPSA) is 46.5 Å². The molecule has 20 heavy (non-hydrogen) atoms. The Morgan fingerprint density at radius 1 is 1.10 bits per heavy atom. The normalized spacial score (nSPS) is 10.4. The lowest BCUT2D eigenvalue weighted by atomic mass is 9.96. The summed E-state index contributed by atoms with van der Waals surface area (Å²) in [6.07, 6.45) is 0. The lowest BCUT2D eigenvalue weighted by Crippen LogP contribution is -1.99. The molecule has 0 bridgehead atoms. The maximum absolute atomic E-state index is 11.2. The summed E-state index contributed by atoms with van der Waals surface area (Å²) in [5, 5.41) is 9.17. The van der Waals surface area contributed by atoms with Gasteiger partial charge in [-0.05, 0) is 55.2 Å². The quantitative estimate of drug-likeness (QED) is 0.917. The maximum Gasteiger partial charge on any atom is 0.335 e. The third kappa shape index (κ3) is 2.52. The number of aryl methyl sites for hydroxylation is 2. The minimum absolute atomic E-state index is 0.292. The van der Waals surface area contributed by atoms with Crippen molar-refractivity contribution in [3.05, 3.63) is 52.6 Å². The van der Waals surface area contributed by atoms with E-state index in [0.29, 0.717) is 5.56 Å². The van der Waals surface area contributed by atoms with Crippen LogP contribution in [0.3, 0.4) is 0 Å². The van der Waals surface area contributed by atoms with Crippen LogP contribution in [0, 0.1) is 20.8 Å². The molecule has 104 valence electrons. The average Bonchev–Trinajstić information content (AvgIpc) is 2.40. The van der Waals surface area contributed by atoms with Crippen LogP contribution >= 0.6 is 0 Å². The van der Waals surface area contributed by atoms with Gasteiger partial charge in [0.25, 0.3) is 0 Å². The molecule has 0 saturated heterocycles. The molecule has 1 N–H and O–H groups in total. The fourth-order valence-electron chi connectivity index (χ4n) is 2.34. The largest absolute Gasteiger partial charge is 0.496 e. The van der Waals surface area contributed by atoms with E-state index in [1.54, 1.807) is 19.2 Å². The number of carboxylic acids is 1. The zero-order valence-electron chi connectivity index (χ0n) is 12.2. The highest BCUT2D eigenvalue weighted by molar-refractivity contribution is 5.90. The van der Waals surface area contributed by atoms with Gasteiger partial charge >= 0.3 is 5.97 Å². The van der Waals surface area contributed by atoms with Crippen LogP contribution in [0.15, 0.2) is 30.3 Å². The Morgan fingerprint density at radius 3 is 2.40 bits per heavy atom. The van der Waals surface area contributed by atoms with E-state index < -0.39 is 5.97 Å². The van der Waals surface area contributed by atoms with Crippen LogP contribution in [-0.2, 0) is 0 Å². The highest BCUT2D eigenvalue weighted by Gasteiger charge is 2.13. The fraction of sp³-hybridized carbons (Fsp3) is 0.235. The van der Waals surface area contributed by atoms with Crippen LogP contribution in [0.4, 0.5) is 0 Å². The monoisotopic (exact) mass is 270 g/mol. The highest BCUT2D eigenvalue weighted by atomic mass is 16.5. The molecule has 2 aromatic carbocycles. The predicted molar refractivity (Wildman–Crippen MR) is 79.6 cm³/mol. The number of aromatic carboxylic acids is 1. The Labute approximate surface area is 118 Å². The van der Waals surface area contributed by atoms with E-state index >= 15 is 0 Å². The predicted octanol–water partition coefficient (Wildman–Crippen LogP) is 3.99. The number of rotatable bonds is 3. The second-order valence-electron chi connectivity index (χ2n) is 4.98. The van der Waals surface area contributed by atoms with Gasteiger partial charge in [-0.25, -0.2) is 4.79 Å². The number of carboxylic acid groups (broad SMARTS) is 1. The third-order valence-electron chi connectivity index (χ3n) is 3.52. The van der Waals surface area contributed by atoms with Crippen molar-refractivity contribution in [2.45, 2.75) is 20.8 Å². The van der Waals surface area contributed by atoms with Gasteiger partial charge < -0.3 is 9.84 Å². The standard InChI is InChI=1S/C17H18O3/c1-10-7-13(9-14(8-10)17(18)19)15-6-5-11(2)12(3)16(15)20-4/h5-9H,1-4H3,(H,18,19). The molecular formula is C17H18O3. The van der Waals surface area contributed by atoms with Crippen LogP contribution < -0.4 is 4.74 Å². The van der Waals surface area contributed by atoms with Crippen LogP contribution in [0.2, 0.25) is 0 Å². The summed E-state index contributed by atoms with van der Waals surface area (Å²) in [4.78, 5) is 11.2. The molecule has 2 aromatic rings. The summed E-state index contributed by atoms with van der Waals surface area (Å²) in [6.45, 7) is 5.93. The molecule has 2 rings (SSSR count). The van der Waals surface area contributed by atoms with Gasteiger partial charge in [-0.1, -0.05) is 18.2 Å². The fourth-order valence-corrected chi connectivity index (χ4v) is 2.34. The van der Waals surface area contributed by atoms with Crippen molar-refractivity contribution in [3.63, 3.8) is 0 Å². The first-order valence-corrected chi connectivity index (χ1v) is 6.43. The zero-order valence-corrected chi connectivity index (χ0v) is 12.2. The van der Waals surface area contributed by atoms with E-state index in [1.807, 2.05) is 39.0 Å². The van der Waals surface area contributed by atoms with Gasteiger partial charge in [-0.3, -0.25) is 0 Å². The van der Waals surface area contributed by atoms with Crippen LogP contribution in [0.1, 0.15) is 27.0 Å². The lowest BCUT2D eigenvalue weighted by molar-refractivity contribution is 0.0697. The van der Waals surface area contributed by atoms with Crippen molar-refractivity contribution in [2.24, 2.45) is 0 Å². The molecule has 0 aliphatic heterocycles. The number of benzene rings is 2. The smallest absolute Gasteiger partial charge is 0.335 e. The van der Waals surface area contributed by atoms with Gasteiger partial charge in [0.2, 0.25) is 0 Å². The highest BCUT2D eigenvalue weighted by Crippen LogP contribution is 2.35. The summed E-state index contributed by atoms with van der Waals surface area (Å²) >= 11 is 0. The summed E-state index contributed by atoms with van der Waals surface area (Å²) in [5.41, 5.74) is 5.21. The number of ether oxygens (including phenoxy) is 1.